The van der Waals surface area contributed by atoms with Crippen molar-refractivity contribution < 1.29 is 19.1 Å². The quantitative estimate of drug-likeness (QED) is 0.543. The van der Waals surface area contributed by atoms with Crippen LogP contribution < -0.4 is 9.47 Å². The molecule has 0 unspecified atom stereocenters. The number of hydrogen-bond donors (Lipinski definition) is 0. The van der Waals surface area contributed by atoms with E-state index in [4.69, 9.17) is 19.4 Å². The molecule has 4 bridgehead atoms. The average molecular weight is 551 g/mol. The fourth-order valence-electron chi connectivity index (χ4n) is 5.92. The van der Waals surface area contributed by atoms with Crippen molar-refractivity contribution in [2.24, 2.45) is 0 Å². The van der Waals surface area contributed by atoms with Gasteiger partial charge in [-0.2, -0.15) is 0 Å². The number of carbonyl (C=O) groups is 2. The summed E-state index contributed by atoms with van der Waals surface area (Å²) in [5.41, 5.74) is 3.30. The monoisotopic (exact) mass is 550 g/mol. The van der Waals surface area contributed by atoms with Crippen molar-refractivity contribution in [1.82, 2.24) is 29.6 Å². The largest absolute Gasteiger partial charge is 0.497 e. The first kappa shape index (κ1) is 28.3. The molecule has 5 heterocycles. The predicted octanol–water partition coefficient (Wildman–Crippen LogP) is 2.84. The van der Waals surface area contributed by atoms with E-state index in [9.17, 15) is 9.59 Å². The van der Waals surface area contributed by atoms with Gasteiger partial charge in [-0.1, -0.05) is 0 Å². The second-order valence-corrected chi connectivity index (χ2v) is 11.2. The molecule has 3 aliphatic heterocycles. The number of hydrogen-bond acceptors (Lipinski definition) is 8. The number of methoxy groups -OCH3 is 2. The smallest absolute Gasteiger partial charge is 0.236 e. The van der Waals surface area contributed by atoms with Crippen LogP contribution in [0.25, 0.3) is 0 Å². The molecule has 5 rings (SSSR count). The zero-order valence-electron chi connectivity index (χ0n) is 23.9. The minimum atomic E-state index is 0.139. The van der Waals surface area contributed by atoms with Crippen molar-refractivity contribution in [1.29, 1.82) is 0 Å². The topological polar surface area (TPSA) is 91.3 Å². The highest BCUT2D eigenvalue weighted by atomic mass is 16.5. The second kappa shape index (κ2) is 13.4. The van der Waals surface area contributed by atoms with Crippen molar-refractivity contribution in [2.75, 3.05) is 53.5 Å². The number of pyridine rings is 2. The Hall–Kier alpha value is -3.24. The lowest BCUT2D eigenvalue weighted by atomic mass is 10.1. The Morgan fingerprint density at radius 1 is 0.600 bits per heavy atom. The molecule has 0 N–H and O–H groups in total. The molecule has 216 valence electrons. The minimum absolute atomic E-state index is 0.139. The maximum absolute atomic E-state index is 13.3. The first-order chi connectivity index (χ1) is 19.5. The number of nitrogens with zero attached hydrogens (tertiary/aromatic N) is 6. The van der Waals surface area contributed by atoms with Crippen LogP contribution in [0.15, 0.2) is 24.3 Å². The Bertz CT molecular complexity index is 1040. The number of likely N-dealkylation sites (tertiary alicyclic amines) is 2. The summed E-state index contributed by atoms with van der Waals surface area (Å²) in [6.45, 7) is 5.77. The lowest BCUT2D eigenvalue weighted by Gasteiger charge is -2.31. The maximum Gasteiger partial charge on any atom is 0.236 e. The van der Waals surface area contributed by atoms with Gasteiger partial charge in [0.05, 0.1) is 50.1 Å². The Morgan fingerprint density at radius 3 is 1.23 bits per heavy atom. The van der Waals surface area contributed by atoms with E-state index >= 15 is 0 Å². The Morgan fingerprint density at radius 2 is 0.925 bits per heavy atom. The molecule has 2 aromatic heterocycles. The van der Waals surface area contributed by atoms with E-state index in [1.807, 2.05) is 34.1 Å². The normalized spacial score (nSPS) is 18.9. The van der Waals surface area contributed by atoms with Crippen LogP contribution in [-0.4, -0.2) is 94.9 Å². The summed E-state index contributed by atoms with van der Waals surface area (Å²) >= 11 is 0. The molecule has 2 aromatic rings. The molecule has 40 heavy (non-hydrogen) atoms. The zero-order valence-corrected chi connectivity index (χ0v) is 23.9. The molecule has 2 fully saturated rings. The Labute approximate surface area is 237 Å². The van der Waals surface area contributed by atoms with E-state index in [-0.39, 0.29) is 11.8 Å². The molecule has 0 aromatic carbocycles. The third-order valence-corrected chi connectivity index (χ3v) is 7.96. The predicted molar refractivity (Wildman–Crippen MR) is 151 cm³/mol. The number of carbonyl (C=O) groups excluding carboxylic acids is 2. The molecular weight excluding hydrogens is 508 g/mol. The number of rotatable bonds is 6. The molecular formula is C30H42N6O4. The standard InChI is InChI=1S/C30H42N6O4/c1-39-27-13-23-17-33(21-29(37)35-9-5-3-6-10-35)19-25-15-28(40-2)16-26(32-25)20-34(18-24(14-27)31-23)22-30(38)36-11-7-4-8-12-36/h13-16H,3-12,17-22H2,1-2H3. The minimum Gasteiger partial charge on any atom is -0.497 e. The van der Waals surface area contributed by atoms with Gasteiger partial charge in [-0.15, -0.1) is 0 Å². The third kappa shape index (κ3) is 7.48. The number of amides is 2. The Balaban J connectivity index is 1.44. The number of ether oxygens (including phenoxy) is 2. The molecule has 3 aliphatic rings. The molecule has 10 nitrogen and oxygen atoms in total. The van der Waals surface area contributed by atoms with E-state index in [0.717, 1.165) is 86.1 Å². The van der Waals surface area contributed by atoms with Gasteiger partial charge in [-0.05, 0) is 38.5 Å². The molecule has 0 radical (unpaired) electrons. The van der Waals surface area contributed by atoms with Crippen molar-refractivity contribution >= 4 is 11.8 Å². The van der Waals surface area contributed by atoms with E-state index in [1.54, 1.807) is 14.2 Å². The molecule has 0 saturated carbocycles. The lowest BCUT2D eigenvalue weighted by Crippen LogP contribution is -2.43. The zero-order chi connectivity index (χ0) is 27.9. The van der Waals surface area contributed by atoms with Gasteiger partial charge in [-0.25, -0.2) is 0 Å². The van der Waals surface area contributed by atoms with Gasteiger partial charge in [0.1, 0.15) is 11.5 Å². The van der Waals surface area contributed by atoms with Gasteiger partial charge in [0, 0.05) is 76.6 Å². The summed E-state index contributed by atoms with van der Waals surface area (Å²) in [4.78, 5) is 44.6. The molecule has 2 saturated heterocycles. The summed E-state index contributed by atoms with van der Waals surface area (Å²) < 4.78 is 11.3. The van der Waals surface area contributed by atoms with E-state index in [1.165, 1.54) is 12.8 Å². The van der Waals surface area contributed by atoms with Crippen LogP contribution in [-0.2, 0) is 35.8 Å². The summed E-state index contributed by atoms with van der Waals surface area (Å²) in [7, 11) is 3.31. The van der Waals surface area contributed by atoms with Crippen molar-refractivity contribution in [2.45, 2.75) is 64.7 Å². The number of piperidine rings is 2. The van der Waals surface area contributed by atoms with Crippen molar-refractivity contribution in [3.8, 4) is 11.5 Å². The third-order valence-electron chi connectivity index (χ3n) is 7.96. The van der Waals surface area contributed by atoms with Crippen LogP contribution in [0.2, 0.25) is 0 Å². The Kier molecular flexibility index (Phi) is 9.49. The van der Waals surface area contributed by atoms with Gasteiger partial charge in [0.15, 0.2) is 0 Å². The number of fused-ring (bicyclic) bond motifs is 4. The van der Waals surface area contributed by atoms with Gasteiger partial charge in [0.25, 0.3) is 0 Å². The van der Waals surface area contributed by atoms with Crippen molar-refractivity contribution in [3.05, 3.63) is 47.0 Å². The van der Waals surface area contributed by atoms with Crippen LogP contribution in [0.1, 0.15) is 61.3 Å². The summed E-state index contributed by atoms with van der Waals surface area (Å²) in [5, 5.41) is 0. The van der Waals surface area contributed by atoms with E-state index in [2.05, 4.69) is 9.80 Å². The second-order valence-electron chi connectivity index (χ2n) is 11.2. The van der Waals surface area contributed by atoms with Crippen molar-refractivity contribution in [3.63, 3.8) is 0 Å². The van der Waals surface area contributed by atoms with Gasteiger partial charge < -0.3 is 19.3 Å². The molecule has 0 aliphatic carbocycles. The lowest BCUT2D eigenvalue weighted by molar-refractivity contribution is -0.134. The maximum atomic E-state index is 13.3. The van der Waals surface area contributed by atoms with Crippen LogP contribution in [0, 0.1) is 0 Å². The van der Waals surface area contributed by atoms with Crippen LogP contribution in [0.4, 0.5) is 0 Å². The average Bonchev–Trinajstić information content (AvgIpc) is 2.97. The molecule has 0 spiro atoms. The first-order valence-corrected chi connectivity index (χ1v) is 14.6. The van der Waals surface area contributed by atoms with Gasteiger partial charge in [0.2, 0.25) is 11.8 Å². The number of aromatic nitrogens is 2. The van der Waals surface area contributed by atoms with Crippen LogP contribution in [0.3, 0.4) is 0 Å². The molecule has 10 heteroatoms. The SMILES string of the molecule is COc1cc2nc(c1)CN(CC(=O)N1CCCCC1)Cc1cc(OC)cc(n1)CN(CC(=O)N1CCCCC1)C2. The molecule has 0 atom stereocenters. The van der Waals surface area contributed by atoms with E-state index < -0.39 is 0 Å². The highest BCUT2D eigenvalue weighted by molar-refractivity contribution is 5.78. The summed E-state index contributed by atoms with van der Waals surface area (Å²) in [6, 6.07) is 7.73. The fraction of sp³-hybridized carbons (Fsp3) is 0.600. The highest BCUT2D eigenvalue weighted by Crippen LogP contribution is 2.23. The van der Waals surface area contributed by atoms with Crippen LogP contribution >= 0.6 is 0 Å². The highest BCUT2D eigenvalue weighted by Gasteiger charge is 2.24. The van der Waals surface area contributed by atoms with Gasteiger partial charge >= 0.3 is 0 Å². The molecule has 2 amide bonds. The summed E-state index contributed by atoms with van der Waals surface area (Å²) in [5.74, 6) is 1.72. The summed E-state index contributed by atoms with van der Waals surface area (Å²) in [6.07, 6.45) is 6.60. The van der Waals surface area contributed by atoms with E-state index in [0.29, 0.717) is 39.3 Å². The van der Waals surface area contributed by atoms with Crippen LogP contribution in [0.5, 0.6) is 11.5 Å². The fourth-order valence-corrected chi connectivity index (χ4v) is 5.92. The van der Waals surface area contributed by atoms with Gasteiger partial charge in [-0.3, -0.25) is 29.4 Å². The first-order valence-electron chi connectivity index (χ1n) is 14.6.